The van der Waals surface area contributed by atoms with Crippen molar-refractivity contribution in [1.82, 2.24) is 20.0 Å². The number of hydrogen-bond donors (Lipinski definition) is 1. The maximum absolute atomic E-state index is 12.9. The third-order valence-corrected chi connectivity index (χ3v) is 5.66. The molecule has 2 aliphatic heterocycles. The van der Waals surface area contributed by atoms with Gasteiger partial charge in [0.1, 0.15) is 5.60 Å². The molecule has 0 aliphatic carbocycles. The number of piperidine rings is 1. The van der Waals surface area contributed by atoms with Crippen LogP contribution in [0.2, 0.25) is 0 Å². The summed E-state index contributed by atoms with van der Waals surface area (Å²) in [6, 6.07) is 9.94. The zero-order chi connectivity index (χ0) is 19.0. The van der Waals surface area contributed by atoms with Crippen LogP contribution in [-0.4, -0.2) is 51.9 Å². The topological polar surface area (TPSA) is 76.5 Å². The first-order chi connectivity index (χ1) is 13.0. The molecule has 7 heteroatoms. The molecule has 0 atom stereocenters. The highest BCUT2D eigenvalue weighted by Gasteiger charge is 2.43. The van der Waals surface area contributed by atoms with Crippen molar-refractivity contribution in [3.8, 4) is 5.69 Å². The Morgan fingerprint density at radius 1 is 1.22 bits per heavy atom. The highest BCUT2D eigenvalue weighted by atomic mass is 16.6. The number of carbonyl (C=O) groups is 2. The monoisotopic (exact) mass is 368 g/mol. The second-order valence-corrected chi connectivity index (χ2v) is 7.38. The number of para-hydroxylation sites is 1. The van der Waals surface area contributed by atoms with Crippen molar-refractivity contribution in [2.24, 2.45) is 0 Å². The van der Waals surface area contributed by atoms with E-state index in [0.29, 0.717) is 38.9 Å². The summed E-state index contributed by atoms with van der Waals surface area (Å²) in [6.07, 6.45) is 1.35. The number of rotatable bonds is 3. The van der Waals surface area contributed by atoms with E-state index in [1.54, 1.807) is 0 Å². The van der Waals surface area contributed by atoms with Gasteiger partial charge in [0.05, 0.1) is 24.3 Å². The lowest BCUT2D eigenvalue weighted by atomic mass is 9.91. The maximum atomic E-state index is 12.9. The average molecular weight is 368 g/mol. The molecular formula is C20H24N4O3. The van der Waals surface area contributed by atoms with Gasteiger partial charge in [0.15, 0.2) is 0 Å². The minimum Gasteiger partial charge on any atom is -0.441 e. The zero-order valence-corrected chi connectivity index (χ0v) is 15.7. The molecule has 2 aliphatic rings. The van der Waals surface area contributed by atoms with Gasteiger partial charge in [0.2, 0.25) is 5.91 Å². The number of aromatic nitrogens is 2. The van der Waals surface area contributed by atoms with E-state index in [1.807, 2.05) is 53.8 Å². The number of aryl methyl sites for hydroxylation is 1. The Balaban J connectivity index is 1.45. The third-order valence-electron chi connectivity index (χ3n) is 5.66. The average Bonchev–Trinajstić information content (AvgIpc) is 3.17. The number of hydrogen-bond acceptors (Lipinski definition) is 4. The predicted molar refractivity (Wildman–Crippen MR) is 99.8 cm³/mol. The van der Waals surface area contributed by atoms with Gasteiger partial charge in [-0.2, -0.15) is 5.10 Å². The van der Waals surface area contributed by atoms with E-state index in [-0.39, 0.29) is 12.0 Å². The van der Waals surface area contributed by atoms with E-state index in [0.717, 1.165) is 22.6 Å². The Morgan fingerprint density at radius 2 is 1.93 bits per heavy atom. The zero-order valence-electron chi connectivity index (χ0n) is 15.7. The van der Waals surface area contributed by atoms with Crippen molar-refractivity contribution in [3.63, 3.8) is 0 Å². The van der Waals surface area contributed by atoms with Crippen LogP contribution in [0.5, 0.6) is 0 Å². The van der Waals surface area contributed by atoms with Gasteiger partial charge in [0.25, 0.3) is 0 Å². The Hall–Kier alpha value is -2.83. The smallest absolute Gasteiger partial charge is 0.407 e. The van der Waals surface area contributed by atoms with Crippen LogP contribution in [-0.2, 0) is 16.0 Å². The van der Waals surface area contributed by atoms with Crippen LogP contribution in [0.1, 0.15) is 29.8 Å². The molecule has 0 saturated carbocycles. The van der Waals surface area contributed by atoms with E-state index in [4.69, 9.17) is 4.74 Å². The highest BCUT2D eigenvalue weighted by molar-refractivity contribution is 5.79. The fraction of sp³-hybridized carbons (Fsp3) is 0.450. The van der Waals surface area contributed by atoms with Crippen LogP contribution in [0.15, 0.2) is 30.3 Å². The minimum atomic E-state index is -0.433. The summed E-state index contributed by atoms with van der Waals surface area (Å²) in [5.74, 6) is 0.0981. The first-order valence-electron chi connectivity index (χ1n) is 9.33. The molecule has 1 spiro atoms. The number of ether oxygens (including phenoxy) is 1. The molecule has 27 heavy (non-hydrogen) atoms. The molecule has 4 rings (SSSR count). The molecule has 3 heterocycles. The molecule has 2 fully saturated rings. The molecule has 1 aromatic heterocycles. The molecular weight excluding hydrogens is 344 g/mol. The summed E-state index contributed by atoms with van der Waals surface area (Å²) in [5.41, 5.74) is 3.42. The summed E-state index contributed by atoms with van der Waals surface area (Å²) in [5, 5.41) is 7.35. The van der Waals surface area contributed by atoms with Crippen molar-refractivity contribution in [2.45, 2.75) is 38.7 Å². The van der Waals surface area contributed by atoms with Crippen molar-refractivity contribution in [1.29, 1.82) is 0 Å². The Labute approximate surface area is 158 Å². The van der Waals surface area contributed by atoms with E-state index in [9.17, 15) is 9.59 Å². The molecule has 2 saturated heterocycles. The van der Waals surface area contributed by atoms with Crippen LogP contribution in [0.3, 0.4) is 0 Å². The number of benzene rings is 1. The third kappa shape index (κ3) is 3.29. The second-order valence-electron chi connectivity index (χ2n) is 7.38. The highest BCUT2D eigenvalue weighted by Crippen LogP contribution is 2.29. The van der Waals surface area contributed by atoms with Crippen molar-refractivity contribution >= 4 is 12.0 Å². The molecule has 142 valence electrons. The molecule has 7 nitrogen and oxygen atoms in total. The van der Waals surface area contributed by atoms with Crippen molar-refractivity contribution in [3.05, 3.63) is 47.3 Å². The van der Waals surface area contributed by atoms with Gasteiger partial charge >= 0.3 is 6.09 Å². The first kappa shape index (κ1) is 17.6. The summed E-state index contributed by atoms with van der Waals surface area (Å²) in [6.45, 7) is 5.71. The van der Waals surface area contributed by atoms with Gasteiger partial charge in [-0.15, -0.1) is 0 Å². The Morgan fingerprint density at radius 3 is 2.56 bits per heavy atom. The largest absolute Gasteiger partial charge is 0.441 e. The van der Waals surface area contributed by atoms with Crippen LogP contribution >= 0.6 is 0 Å². The molecule has 0 radical (unpaired) electrons. The van der Waals surface area contributed by atoms with E-state index in [1.165, 1.54) is 0 Å². The molecule has 1 aromatic carbocycles. The fourth-order valence-electron chi connectivity index (χ4n) is 3.96. The first-order valence-corrected chi connectivity index (χ1v) is 9.33. The number of likely N-dealkylation sites (tertiary alicyclic amines) is 1. The number of carbonyl (C=O) groups excluding carboxylic acids is 2. The van der Waals surface area contributed by atoms with Gasteiger partial charge in [-0.3, -0.25) is 4.79 Å². The van der Waals surface area contributed by atoms with E-state index >= 15 is 0 Å². The van der Waals surface area contributed by atoms with E-state index in [2.05, 4.69) is 10.4 Å². The quantitative estimate of drug-likeness (QED) is 0.900. The molecule has 0 unspecified atom stereocenters. The maximum Gasteiger partial charge on any atom is 0.407 e. The lowest BCUT2D eigenvalue weighted by molar-refractivity contribution is -0.133. The number of alkyl carbamates (subject to hydrolysis) is 1. The Kier molecular flexibility index (Phi) is 4.37. The number of amides is 2. The van der Waals surface area contributed by atoms with Gasteiger partial charge in [0, 0.05) is 37.2 Å². The normalized spacial score (nSPS) is 18.4. The SMILES string of the molecule is Cc1nn(-c2ccccc2)c(C)c1CC(=O)N1CCC2(CC1)CNC(=O)O2. The van der Waals surface area contributed by atoms with Gasteiger partial charge in [-0.1, -0.05) is 18.2 Å². The van der Waals surface area contributed by atoms with E-state index < -0.39 is 5.60 Å². The fourth-order valence-corrected chi connectivity index (χ4v) is 3.96. The van der Waals surface area contributed by atoms with Crippen molar-refractivity contribution < 1.29 is 14.3 Å². The predicted octanol–water partition coefficient (Wildman–Crippen LogP) is 2.13. The summed E-state index contributed by atoms with van der Waals surface area (Å²) >= 11 is 0. The summed E-state index contributed by atoms with van der Waals surface area (Å²) in [7, 11) is 0. The van der Waals surface area contributed by atoms with Crippen LogP contribution in [0.25, 0.3) is 5.69 Å². The van der Waals surface area contributed by atoms with Crippen molar-refractivity contribution in [2.75, 3.05) is 19.6 Å². The number of nitrogens with one attached hydrogen (secondary N) is 1. The minimum absolute atomic E-state index is 0.0981. The Bertz CT molecular complexity index is 867. The molecule has 1 N–H and O–H groups in total. The van der Waals surface area contributed by atoms with Gasteiger partial charge in [-0.05, 0) is 26.0 Å². The van der Waals surface area contributed by atoms with Crippen LogP contribution in [0, 0.1) is 13.8 Å². The van der Waals surface area contributed by atoms with Gasteiger partial charge < -0.3 is 15.0 Å². The van der Waals surface area contributed by atoms with Crippen LogP contribution in [0.4, 0.5) is 4.79 Å². The number of nitrogens with zero attached hydrogens (tertiary/aromatic N) is 3. The molecule has 0 bridgehead atoms. The van der Waals surface area contributed by atoms with Gasteiger partial charge in [-0.25, -0.2) is 9.48 Å². The lowest BCUT2D eigenvalue weighted by Gasteiger charge is -2.37. The standard InChI is InChI=1S/C20H24N4O3/c1-14-17(15(2)24(22-14)16-6-4-3-5-7-16)12-18(25)23-10-8-20(9-11-23)13-21-19(26)27-20/h3-7H,8-13H2,1-2H3,(H,21,26). The van der Waals surface area contributed by atoms with Crippen LogP contribution < -0.4 is 5.32 Å². The second kappa shape index (κ2) is 6.72. The lowest BCUT2D eigenvalue weighted by Crippen LogP contribution is -2.48. The molecule has 2 amide bonds. The molecule has 2 aromatic rings. The summed E-state index contributed by atoms with van der Waals surface area (Å²) in [4.78, 5) is 26.1. The summed E-state index contributed by atoms with van der Waals surface area (Å²) < 4.78 is 7.32.